The first-order valence-electron chi connectivity index (χ1n) is 9.12. The molecule has 154 valence electrons. The Hall–Kier alpha value is -2.77. The third kappa shape index (κ3) is 4.16. The molecule has 7 nitrogen and oxygen atoms in total. The molecule has 1 N–H and O–H groups in total. The monoisotopic (exact) mass is 419 g/mol. The van der Waals surface area contributed by atoms with Crippen molar-refractivity contribution in [2.75, 3.05) is 20.3 Å². The fourth-order valence-electron chi connectivity index (χ4n) is 3.20. The van der Waals surface area contributed by atoms with Gasteiger partial charge in [-0.2, -0.15) is 0 Å². The van der Waals surface area contributed by atoms with Gasteiger partial charge in [-0.15, -0.1) is 0 Å². The van der Waals surface area contributed by atoms with Crippen LogP contribution in [-0.2, 0) is 14.3 Å². The quantitative estimate of drug-likeness (QED) is 0.417. The number of nitrogens with zero attached hydrogens (tertiary/aromatic N) is 1. The zero-order valence-electron chi connectivity index (χ0n) is 16.3. The number of benzene rings is 1. The summed E-state index contributed by atoms with van der Waals surface area (Å²) in [6.45, 7) is 4.18. The molecule has 2 aromatic rings. The lowest BCUT2D eigenvalue weighted by molar-refractivity contribution is -0.140. The lowest BCUT2D eigenvalue weighted by Gasteiger charge is -2.23. The van der Waals surface area contributed by atoms with Gasteiger partial charge < -0.3 is 23.9 Å². The minimum atomic E-state index is -0.859. The molecule has 3 rings (SSSR count). The van der Waals surface area contributed by atoms with Crippen LogP contribution in [0.2, 0.25) is 5.02 Å². The van der Waals surface area contributed by atoms with Crippen molar-refractivity contribution in [2.45, 2.75) is 26.0 Å². The number of halogens is 1. The number of aliphatic hydroxyl groups is 1. The maximum atomic E-state index is 12.8. The summed E-state index contributed by atoms with van der Waals surface area (Å²) in [6, 6.07) is 7.06. The van der Waals surface area contributed by atoms with Crippen LogP contribution in [0.25, 0.3) is 5.76 Å². The fraction of sp³-hybridized carbons (Fsp3) is 0.333. The normalized spacial score (nSPS) is 18.7. The van der Waals surface area contributed by atoms with E-state index >= 15 is 0 Å². The molecule has 1 aliphatic rings. The molecule has 0 bridgehead atoms. The molecular formula is C21H22ClNO6. The van der Waals surface area contributed by atoms with Crippen LogP contribution < -0.4 is 4.74 Å². The van der Waals surface area contributed by atoms with E-state index in [4.69, 9.17) is 25.5 Å². The Labute approximate surface area is 173 Å². The highest BCUT2D eigenvalue weighted by atomic mass is 35.5. The SMILES string of the molecule is COc1cc(/C(O)=C2/C(=O)C(=O)N(CCOC(C)C)C2c2ccco2)ccc1Cl. The molecule has 1 aliphatic heterocycles. The highest BCUT2D eigenvalue weighted by Gasteiger charge is 2.47. The van der Waals surface area contributed by atoms with Crippen LogP contribution in [0.4, 0.5) is 0 Å². The molecule has 1 unspecified atom stereocenters. The Balaban J connectivity index is 2.06. The topological polar surface area (TPSA) is 89.2 Å². The molecule has 0 saturated carbocycles. The molecule has 1 aromatic heterocycles. The number of Topliss-reactive ketones (excluding diaryl/α,β-unsaturated/α-hetero) is 1. The molecule has 29 heavy (non-hydrogen) atoms. The smallest absolute Gasteiger partial charge is 0.295 e. The summed E-state index contributed by atoms with van der Waals surface area (Å²) in [7, 11) is 1.45. The second kappa shape index (κ2) is 8.71. The number of carbonyl (C=O) groups excluding carboxylic acids is 2. The van der Waals surface area contributed by atoms with E-state index in [0.717, 1.165) is 0 Å². The van der Waals surface area contributed by atoms with Gasteiger partial charge in [0, 0.05) is 12.1 Å². The average Bonchev–Trinajstić information content (AvgIpc) is 3.30. The van der Waals surface area contributed by atoms with Gasteiger partial charge in [-0.3, -0.25) is 9.59 Å². The Bertz CT molecular complexity index is 935. The third-order valence-electron chi connectivity index (χ3n) is 4.56. The average molecular weight is 420 g/mol. The molecule has 2 heterocycles. The van der Waals surface area contributed by atoms with E-state index in [1.807, 2.05) is 13.8 Å². The van der Waals surface area contributed by atoms with Gasteiger partial charge in [0.05, 0.1) is 36.7 Å². The van der Waals surface area contributed by atoms with Gasteiger partial charge in [0.25, 0.3) is 11.7 Å². The molecule has 8 heteroatoms. The first-order valence-corrected chi connectivity index (χ1v) is 9.50. The van der Waals surface area contributed by atoms with Crippen LogP contribution in [-0.4, -0.2) is 48.1 Å². The second-order valence-electron chi connectivity index (χ2n) is 6.78. The highest BCUT2D eigenvalue weighted by molar-refractivity contribution is 6.46. The van der Waals surface area contributed by atoms with E-state index in [-0.39, 0.29) is 30.6 Å². The van der Waals surface area contributed by atoms with Crippen molar-refractivity contribution in [2.24, 2.45) is 0 Å². The number of ether oxygens (including phenoxy) is 2. The zero-order chi connectivity index (χ0) is 21.1. The van der Waals surface area contributed by atoms with Crippen molar-refractivity contribution in [1.82, 2.24) is 4.90 Å². The maximum absolute atomic E-state index is 12.8. The number of hydrogen-bond acceptors (Lipinski definition) is 6. The van der Waals surface area contributed by atoms with E-state index < -0.39 is 17.7 Å². The Kier molecular flexibility index (Phi) is 6.30. The van der Waals surface area contributed by atoms with E-state index in [1.165, 1.54) is 24.3 Å². The number of methoxy groups -OCH3 is 1. The number of ketones is 1. The van der Waals surface area contributed by atoms with Gasteiger partial charge >= 0.3 is 0 Å². The fourth-order valence-corrected chi connectivity index (χ4v) is 3.40. The van der Waals surface area contributed by atoms with Crippen LogP contribution in [0.15, 0.2) is 46.6 Å². The molecule has 0 aliphatic carbocycles. The van der Waals surface area contributed by atoms with E-state index in [9.17, 15) is 14.7 Å². The number of likely N-dealkylation sites (tertiary alicyclic amines) is 1. The van der Waals surface area contributed by atoms with E-state index in [1.54, 1.807) is 24.3 Å². The summed E-state index contributed by atoms with van der Waals surface area (Å²) in [5.41, 5.74) is 0.248. The van der Waals surface area contributed by atoms with Crippen molar-refractivity contribution in [3.63, 3.8) is 0 Å². The van der Waals surface area contributed by atoms with Crippen LogP contribution in [0.1, 0.15) is 31.2 Å². The molecule has 1 fully saturated rings. The Morgan fingerprint density at radius 2 is 2.07 bits per heavy atom. The molecule has 1 saturated heterocycles. The van der Waals surface area contributed by atoms with Crippen LogP contribution >= 0.6 is 11.6 Å². The molecule has 1 atom stereocenters. The van der Waals surface area contributed by atoms with Crippen LogP contribution in [0.3, 0.4) is 0 Å². The summed E-state index contributed by atoms with van der Waals surface area (Å²) in [6.07, 6.45) is 1.43. The predicted molar refractivity (Wildman–Crippen MR) is 107 cm³/mol. The number of aliphatic hydroxyl groups excluding tert-OH is 1. The van der Waals surface area contributed by atoms with E-state index in [2.05, 4.69) is 0 Å². The van der Waals surface area contributed by atoms with Gasteiger partial charge in [-0.25, -0.2) is 0 Å². The van der Waals surface area contributed by atoms with Gasteiger partial charge in [0.2, 0.25) is 0 Å². The molecule has 1 aromatic carbocycles. The van der Waals surface area contributed by atoms with Crippen molar-refractivity contribution in [3.05, 3.63) is 58.5 Å². The number of furan rings is 1. The largest absolute Gasteiger partial charge is 0.507 e. The summed E-state index contributed by atoms with van der Waals surface area (Å²) < 4.78 is 16.2. The standard InChI is InChI=1S/C21H22ClNO6/c1-12(2)28-10-8-23-18(15-5-4-9-29-15)17(20(25)21(23)26)19(24)13-6-7-14(22)16(11-13)27-3/h4-7,9,11-12,18,24H,8,10H2,1-3H3/b19-17-. The van der Waals surface area contributed by atoms with Crippen molar-refractivity contribution in [1.29, 1.82) is 0 Å². The summed E-state index contributed by atoms with van der Waals surface area (Å²) >= 11 is 6.05. The molecule has 0 radical (unpaired) electrons. The summed E-state index contributed by atoms with van der Waals surface area (Å²) in [4.78, 5) is 26.9. The third-order valence-corrected chi connectivity index (χ3v) is 4.87. The Morgan fingerprint density at radius 3 is 2.69 bits per heavy atom. The first-order chi connectivity index (χ1) is 13.8. The number of amides is 1. The number of hydrogen-bond donors (Lipinski definition) is 1. The second-order valence-corrected chi connectivity index (χ2v) is 7.18. The summed E-state index contributed by atoms with van der Waals surface area (Å²) in [5, 5.41) is 11.3. The van der Waals surface area contributed by atoms with Gasteiger partial charge in [0.15, 0.2) is 0 Å². The van der Waals surface area contributed by atoms with Crippen LogP contribution in [0.5, 0.6) is 5.75 Å². The minimum absolute atomic E-state index is 0.0181. The van der Waals surface area contributed by atoms with Crippen molar-refractivity contribution < 1.29 is 28.6 Å². The first kappa shape index (κ1) is 21.0. The minimum Gasteiger partial charge on any atom is -0.507 e. The number of carbonyl (C=O) groups is 2. The molecular weight excluding hydrogens is 398 g/mol. The Morgan fingerprint density at radius 1 is 1.31 bits per heavy atom. The maximum Gasteiger partial charge on any atom is 0.295 e. The van der Waals surface area contributed by atoms with Crippen LogP contribution in [0, 0.1) is 0 Å². The molecule has 1 amide bonds. The van der Waals surface area contributed by atoms with Crippen molar-refractivity contribution >= 4 is 29.1 Å². The van der Waals surface area contributed by atoms with Crippen molar-refractivity contribution in [3.8, 4) is 5.75 Å². The molecule has 0 spiro atoms. The van der Waals surface area contributed by atoms with Gasteiger partial charge in [0.1, 0.15) is 23.3 Å². The number of rotatable bonds is 7. The lowest BCUT2D eigenvalue weighted by atomic mass is 9.99. The lowest BCUT2D eigenvalue weighted by Crippen LogP contribution is -2.33. The van der Waals surface area contributed by atoms with E-state index in [0.29, 0.717) is 22.1 Å². The summed E-state index contributed by atoms with van der Waals surface area (Å²) in [5.74, 6) is -1.13. The predicted octanol–water partition coefficient (Wildman–Crippen LogP) is 3.79. The highest BCUT2D eigenvalue weighted by Crippen LogP contribution is 2.40. The zero-order valence-corrected chi connectivity index (χ0v) is 17.1. The van der Waals surface area contributed by atoms with Gasteiger partial charge in [-0.1, -0.05) is 11.6 Å². The van der Waals surface area contributed by atoms with Gasteiger partial charge in [-0.05, 0) is 44.2 Å².